The molecular formula is C21H19F3N4O. The number of ether oxygens (including phenoxy) is 1. The Kier molecular flexibility index (Phi) is 4.77. The lowest BCUT2D eigenvalue weighted by molar-refractivity contribution is -0.274. The molecule has 5 nitrogen and oxygen atoms in total. The molecule has 0 atom stereocenters. The number of hydrogen-bond donors (Lipinski definition) is 0. The second kappa shape index (κ2) is 7.27. The van der Waals surface area contributed by atoms with Crippen LogP contribution in [-0.2, 0) is 6.42 Å². The van der Waals surface area contributed by atoms with Gasteiger partial charge in [0.25, 0.3) is 0 Å². The number of alkyl halides is 3. The van der Waals surface area contributed by atoms with E-state index in [0.717, 1.165) is 35.9 Å². The summed E-state index contributed by atoms with van der Waals surface area (Å²) in [4.78, 5) is 13.3. The molecule has 2 heterocycles. The van der Waals surface area contributed by atoms with Crippen molar-refractivity contribution in [3.8, 4) is 17.1 Å². The zero-order chi connectivity index (χ0) is 20.6. The molecule has 0 unspecified atom stereocenters. The van der Waals surface area contributed by atoms with Gasteiger partial charge >= 0.3 is 6.36 Å². The first-order valence-corrected chi connectivity index (χ1v) is 9.09. The minimum atomic E-state index is -4.75. The number of fused-ring (bicyclic) bond motifs is 1. The van der Waals surface area contributed by atoms with Gasteiger partial charge in [-0.1, -0.05) is 30.3 Å². The van der Waals surface area contributed by atoms with Crippen LogP contribution in [0.3, 0.4) is 0 Å². The van der Waals surface area contributed by atoms with Crippen molar-refractivity contribution in [2.24, 2.45) is 0 Å². The van der Waals surface area contributed by atoms with E-state index < -0.39 is 6.36 Å². The van der Waals surface area contributed by atoms with Crippen molar-refractivity contribution < 1.29 is 17.9 Å². The van der Waals surface area contributed by atoms with Crippen molar-refractivity contribution in [1.29, 1.82) is 0 Å². The van der Waals surface area contributed by atoms with Gasteiger partial charge in [-0.15, -0.1) is 13.2 Å². The van der Waals surface area contributed by atoms with Crippen LogP contribution in [0.25, 0.3) is 11.4 Å². The molecule has 1 aromatic heterocycles. The first-order chi connectivity index (χ1) is 13.8. The van der Waals surface area contributed by atoms with Gasteiger partial charge in [-0.25, -0.2) is 9.97 Å². The average Bonchev–Trinajstić information content (AvgIpc) is 3.10. The number of benzene rings is 2. The molecule has 8 heteroatoms. The highest BCUT2D eigenvalue weighted by atomic mass is 19.4. The van der Waals surface area contributed by atoms with E-state index in [1.807, 2.05) is 49.3 Å². The van der Waals surface area contributed by atoms with Crippen molar-refractivity contribution in [2.45, 2.75) is 12.8 Å². The zero-order valence-corrected chi connectivity index (χ0v) is 15.9. The second-order valence-electron chi connectivity index (χ2n) is 6.88. The van der Waals surface area contributed by atoms with Gasteiger partial charge in [0.15, 0.2) is 5.82 Å². The molecule has 0 bridgehead atoms. The smallest absolute Gasteiger partial charge is 0.406 e. The van der Waals surface area contributed by atoms with Crippen LogP contribution >= 0.6 is 0 Å². The fraction of sp³-hybridized carbons (Fsp3) is 0.238. The number of halogens is 3. The summed E-state index contributed by atoms with van der Waals surface area (Å²) in [6, 6.07) is 15.6. The molecule has 0 saturated carbocycles. The van der Waals surface area contributed by atoms with Crippen LogP contribution in [0, 0.1) is 0 Å². The van der Waals surface area contributed by atoms with Gasteiger partial charge in [0.1, 0.15) is 17.4 Å². The van der Waals surface area contributed by atoms with Crippen molar-refractivity contribution in [1.82, 2.24) is 9.97 Å². The Morgan fingerprint density at radius 2 is 1.76 bits per heavy atom. The van der Waals surface area contributed by atoms with Crippen molar-refractivity contribution in [3.05, 3.63) is 60.2 Å². The van der Waals surface area contributed by atoms with E-state index in [0.29, 0.717) is 11.4 Å². The van der Waals surface area contributed by atoms with Crippen LogP contribution in [0.4, 0.5) is 30.5 Å². The molecule has 0 radical (unpaired) electrons. The molecule has 3 aromatic rings. The van der Waals surface area contributed by atoms with Crippen molar-refractivity contribution in [3.63, 3.8) is 0 Å². The average molecular weight is 400 g/mol. The minimum Gasteiger partial charge on any atom is -0.406 e. The Bertz CT molecular complexity index is 1020. The van der Waals surface area contributed by atoms with E-state index in [1.54, 1.807) is 6.07 Å². The zero-order valence-electron chi connectivity index (χ0n) is 15.9. The summed E-state index contributed by atoms with van der Waals surface area (Å²) in [5, 5.41) is 0. The van der Waals surface area contributed by atoms with E-state index in [1.165, 1.54) is 18.2 Å². The summed E-state index contributed by atoms with van der Waals surface area (Å²) in [6.07, 6.45) is -3.97. The van der Waals surface area contributed by atoms with E-state index in [9.17, 15) is 13.2 Å². The van der Waals surface area contributed by atoms with Gasteiger partial charge in [-0.05, 0) is 30.7 Å². The number of anilines is 3. The Balaban J connectivity index is 1.80. The largest absolute Gasteiger partial charge is 0.573 e. The quantitative estimate of drug-likeness (QED) is 0.629. The molecule has 29 heavy (non-hydrogen) atoms. The highest BCUT2D eigenvalue weighted by Gasteiger charge is 2.31. The molecule has 4 rings (SSSR count). The maximum absolute atomic E-state index is 12.6. The van der Waals surface area contributed by atoms with Gasteiger partial charge < -0.3 is 14.5 Å². The minimum absolute atomic E-state index is 0.301. The molecule has 150 valence electrons. The number of rotatable bonds is 4. The summed E-state index contributed by atoms with van der Waals surface area (Å²) < 4.78 is 41.8. The van der Waals surface area contributed by atoms with Crippen LogP contribution in [0.5, 0.6) is 5.75 Å². The van der Waals surface area contributed by atoms with Crippen LogP contribution in [0.1, 0.15) is 5.56 Å². The topological polar surface area (TPSA) is 41.5 Å². The summed E-state index contributed by atoms with van der Waals surface area (Å²) in [5.41, 5.74) is 2.48. The summed E-state index contributed by atoms with van der Waals surface area (Å²) >= 11 is 0. The van der Waals surface area contributed by atoms with E-state index >= 15 is 0 Å². The molecule has 0 aliphatic carbocycles. The lowest BCUT2D eigenvalue weighted by atomic mass is 10.1. The molecule has 1 aliphatic rings. The summed E-state index contributed by atoms with van der Waals surface area (Å²) in [7, 11) is 3.78. The molecule has 1 aliphatic heterocycles. The number of hydrogen-bond acceptors (Lipinski definition) is 5. The van der Waals surface area contributed by atoms with Gasteiger partial charge in [-0.3, -0.25) is 0 Å². The van der Waals surface area contributed by atoms with E-state index in [2.05, 4.69) is 14.6 Å². The Morgan fingerprint density at radius 3 is 2.45 bits per heavy atom. The summed E-state index contributed by atoms with van der Waals surface area (Å²) in [5.74, 6) is 1.57. The molecule has 2 aromatic carbocycles. The van der Waals surface area contributed by atoms with E-state index in [4.69, 9.17) is 4.98 Å². The fourth-order valence-corrected chi connectivity index (χ4v) is 3.43. The Morgan fingerprint density at radius 1 is 1.00 bits per heavy atom. The highest BCUT2D eigenvalue weighted by Crippen LogP contribution is 2.39. The number of aromatic nitrogens is 2. The number of para-hydroxylation sites is 1. The van der Waals surface area contributed by atoms with Crippen molar-refractivity contribution >= 4 is 17.3 Å². The predicted molar refractivity (Wildman–Crippen MR) is 106 cm³/mol. The lowest BCUT2D eigenvalue weighted by Crippen LogP contribution is -2.17. The Hall–Kier alpha value is -3.29. The van der Waals surface area contributed by atoms with Gasteiger partial charge in [-0.2, -0.15) is 0 Å². The van der Waals surface area contributed by atoms with Gasteiger partial charge in [0.2, 0.25) is 0 Å². The van der Waals surface area contributed by atoms with E-state index in [-0.39, 0.29) is 5.75 Å². The molecular weight excluding hydrogens is 381 g/mol. The molecule has 0 fully saturated rings. The third-order valence-electron chi connectivity index (χ3n) is 4.62. The monoisotopic (exact) mass is 400 g/mol. The van der Waals surface area contributed by atoms with Gasteiger partial charge in [0.05, 0.1) is 0 Å². The third kappa shape index (κ3) is 3.96. The molecule has 0 saturated heterocycles. The standard InChI is InChI=1S/C21H19F3N4O/c1-27(2)19-17-11-12-28(15-8-4-3-5-9-15)20(17)26-18(25-19)14-7-6-10-16(13-14)29-21(22,23)24/h3-10,13H,11-12H2,1-2H3. The molecule has 0 N–H and O–H groups in total. The first kappa shape index (κ1) is 19.0. The normalized spacial score (nSPS) is 13.3. The summed E-state index contributed by atoms with van der Waals surface area (Å²) in [6.45, 7) is 0.759. The Labute approximate surface area is 166 Å². The predicted octanol–water partition coefficient (Wildman–Crippen LogP) is 4.80. The van der Waals surface area contributed by atoms with Crippen molar-refractivity contribution in [2.75, 3.05) is 30.4 Å². The third-order valence-corrected chi connectivity index (χ3v) is 4.62. The van der Waals surface area contributed by atoms with Crippen LogP contribution in [0.15, 0.2) is 54.6 Å². The van der Waals surface area contributed by atoms with Crippen LogP contribution in [0.2, 0.25) is 0 Å². The fourth-order valence-electron chi connectivity index (χ4n) is 3.43. The maximum Gasteiger partial charge on any atom is 0.573 e. The second-order valence-corrected chi connectivity index (χ2v) is 6.88. The maximum atomic E-state index is 12.6. The lowest BCUT2D eigenvalue weighted by Gasteiger charge is -2.21. The van der Waals surface area contributed by atoms with Gasteiger partial charge in [0, 0.05) is 37.5 Å². The first-order valence-electron chi connectivity index (χ1n) is 9.09. The number of nitrogens with zero attached hydrogens (tertiary/aromatic N) is 4. The van der Waals surface area contributed by atoms with Crippen LogP contribution < -0.4 is 14.5 Å². The molecule has 0 spiro atoms. The highest BCUT2D eigenvalue weighted by molar-refractivity contribution is 5.74. The molecule has 0 amide bonds. The SMILES string of the molecule is CN(C)c1nc(-c2cccc(OC(F)(F)F)c2)nc2c1CCN2c1ccccc1. The van der Waals surface area contributed by atoms with Crippen LogP contribution in [-0.4, -0.2) is 37.0 Å².